The van der Waals surface area contributed by atoms with Crippen molar-refractivity contribution in [2.24, 2.45) is 5.10 Å². The Labute approximate surface area is 150 Å². The molecule has 6 heteroatoms. The van der Waals surface area contributed by atoms with Crippen LogP contribution < -0.4 is 5.43 Å². The zero-order chi connectivity index (χ0) is 18.8. The first-order valence-electron chi connectivity index (χ1n) is 7.76. The Balaban J connectivity index is 2.21. The van der Waals surface area contributed by atoms with Gasteiger partial charge in [-0.15, -0.1) is 0 Å². The van der Waals surface area contributed by atoms with Gasteiger partial charge in [-0.3, -0.25) is 5.43 Å². The number of nitrogens with zero attached hydrogens (tertiary/aromatic N) is 1. The standard InChI is InChI=1S/C19H20ClF3N2/c1-12(13-5-7-14(8-6-13)18(2,3)4)24-25-17-11-15(19(21,22)23)9-10-16(17)20/h5-11,25H,1-4H3/b24-12+. The molecule has 0 heterocycles. The molecule has 1 N–H and O–H groups in total. The zero-order valence-corrected chi connectivity index (χ0v) is 15.3. The summed E-state index contributed by atoms with van der Waals surface area (Å²) >= 11 is 5.95. The predicted octanol–water partition coefficient (Wildman–Crippen LogP) is 6.49. The number of anilines is 1. The van der Waals surface area contributed by atoms with Crippen molar-refractivity contribution in [2.45, 2.75) is 39.3 Å². The van der Waals surface area contributed by atoms with Crippen LogP contribution >= 0.6 is 11.6 Å². The third-order valence-electron chi connectivity index (χ3n) is 3.81. The fourth-order valence-corrected chi connectivity index (χ4v) is 2.37. The molecule has 0 atom stereocenters. The molecule has 0 spiro atoms. The number of halogens is 4. The van der Waals surface area contributed by atoms with Gasteiger partial charge in [-0.2, -0.15) is 18.3 Å². The highest BCUT2D eigenvalue weighted by Crippen LogP contribution is 2.33. The predicted molar refractivity (Wildman–Crippen MR) is 97.4 cm³/mol. The molecule has 0 bridgehead atoms. The van der Waals surface area contributed by atoms with E-state index in [1.54, 1.807) is 6.92 Å². The molecule has 0 unspecified atom stereocenters. The highest BCUT2D eigenvalue weighted by Gasteiger charge is 2.30. The van der Waals surface area contributed by atoms with Crippen LogP contribution in [-0.4, -0.2) is 5.71 Å². The van der Waals surface area contributed by atoms with Gasteiger partial charge in [0.1, 0.15) is 0 Å². The molecule has 0 aliphatic heterocycles. The molecule has 0 saturated heterocycles. The van der Waals surface area contributed by atoms with Crippen LogP contribution in [0.2, 0.25) is 5.02 Å². The summed E-state index contributed by atoms with van der Waals surface area (Å²) in [6, 6.07) is 11.0. The van der Waals surface area contributed by atoms with Crippen LogP contribution in [0.5, 0.6) is 0 Å². The van der Waals surface area contributed by atoms with Crippen LogP contribution in [0.3, 0.4) is 0 Å². The van der Waals surface area contributed by atoms with E-state index in [4.69, 9.17) is 11.6 Å². The lowest BCUT2D eigenvalue weighted by atomic mass is 9.86. The second-order valence-corrected chi connectivity index (χ2v) is 7.24. The highest BCUT2D eigenvalue weighted by molar-refractivity contribution is 6.33. The zero-order valence-electron chi connectivity index (χ0n) is 14.5. The van der Waals surface area contributed by atoms with Gasteiger partial charge in [0, 0.05) is 0 Å². The molecule has 0 fully saturated rings. The molecule has 2 aromatic rings. The van der Waals surface area contributed by atoms with Gasteiger partial charge in [0.05, 0.1) is 22.0 Å². The van der Waals surface area contributed by atoms with Crippen molar-refractivity contribution in [1.82, 2.24) is 0 Å². The Morgan fingerprint density at radius 3 is 2.04 bits per heavy atom. The minimum Gasteiger partial charge on any atom is -0.277 e. The number of alkyl halides is 3. The lowest BCUT2D eigenvalue weighted by Crippen LogP contribution is -2.11. The van der Waals surface area contributed by atoms with Crippen LogP contribution in [0.1, 0.15) is 44.4 Å². The monoisotopic (exact) mass is 368 g/mol. The van der Waals surface area contributed by atoms with Crippen molar-refractivity contribution in [2.75, 3.05) is 5.43 Å². The van der Waals surface area contributed by atoms with Gasteiger partial charge in [0.15, 0.2) is 0 Å². The average molecular weight is 369 g/mol. The maximum Gasteiger partial charge on any atom is 0.416 e. The smallest absolute Gasteiger partial charge is 0.277 e. The summed E-state index contributed by atoms with van der Waals surface area (Å²) in [4.78, 5) is 0. The van der Waals surface area contributed by atoms with Gasteiger partial charge >= 0.3 is 6.18 Å². The summed E-state index contributed by atoms with van der Waals surface area (Å²) in [5, 5.41) is 4.33. The first kappa shape index (κ1) is 19.3. The maximum absolute atomic E-state index is 12.8. The topological polar surface area (TPSA) is 24.4 Å². The normalized spacial score (nSPS) is 13.0. The number of nitrogens with one attached hydrogen (secondary N) is 1. The Morgan fingerprint density at radius 1 is 0.960 bits per heavy atom. The molecule has 0 aromatic heterocycles. The third kappa shape index (κ3) is 4.98. The van der Waals surface area contributed by atoms with Gasteiger partial charge in [-0.25, -0.2) is 0 Å². The SMILES string of the molecule is C/C(=N\Nc1cc(C(F)(F)F)ccc1Cl)c1ccc(C(C)(C)C)cc1. The summed E-state index contributed by atoms with van der Waals surface area (Å²) in [5.41, 5.74) is 4.73. The highest BCUT2D eigenvalue weighted by atomic mass is 35.5. The molecule has 25 heavy (non-hydrogen) atoms. The number of hydrazone groups is 1. The Hall–Kier alpha value is -2.01. The molecule has 2 rings (SSSR count). The van der Waals surface area contributed by atoms with Gasteiger partial charge in [-0.1, -0.05) is 56.6 Å². The maximum atomic E-state index is 12.8. The van der Waals surface area contributed by atoms with Crippen LogP contribution in [0.15, 0.2) is 47.6 Å². The summed E-state index contributed by atoms with van der Waals surface area (Å²) in [7, 11) is 0. The molecular formula is C19H20ClF3N2. The van der Waals surface area contributed by atoms with E-state index in [1.807, 2.05) is 24.3 Å². The van der Waals surface area contributed by atoms with Gasteiger partial charge in [-0.05, 0) is 41.7 Å². The van der Waals surface area contributed by atoms with E-state index in [9.17, 15) is 13.2 Å². The van der Waals surface area contributed by atoms with Crippen molar-refractivity contribution in [3.8, 4) is 0 Å². The van der Waals surface area contributed by atoms with Gasteiger partial charge in [0.25, 0.3) is 0 Å². The summed E-state index contributed by atoms with van der Waals surface area (Å²) in [5.74, 6) is 0. The number of benzene rings is 2. The second-order valence-electron chi connectivity index (χ2n) is 6.83. The Morgan fingerprint density at radius 2 is 1.52 bits per heavy atom. The fraction of sp³-hybridized carbons (Fsp3) is 0.316. The average Bonchev–Trinajstić information content (AvgIpc) is 2.52. The second kappa shape index (κ2) is 7.08. The van der Waals surface area contributed by atoms with Crippen molar-refractivity contribution >= 4 is 23.0 Å². The van der Waals surface area contributed by atoms with Crippen LogP contribution in [-0.2, 0) is 11.6 Å². The van der Waals surface area contributed by atoms with E-state index in [2.05, 4.69) is 31.3 Å². The van der Waals surface area contributed by atoms with Crippen molar-refractivity contribution in [3.63, 3.8) is 0 Å². The summed E-state index contributed by atoms with van der Waals surface area (Å²) < 4.78 is 38.4. The van der Waals surface area contributed by atoms with E-state index >= 15 is 0 Å². The minimum absolute atomic E-state index is 0.0490. The number of hydrogen-bond acceptors (Lipinski definition) is 2. The van der Waals surface area contributed by atoms with Crippen molar-refractivity contribution < 1.29 is 13.2 Å². The molecule has 0 amide bonds. The van der Waals surface area contributed by atoms with Gasteiger partial charge in [0.2, 0.25) is 0 Å². The molecular weight excluding hydrogens is 349 g/mol. The van der Waals surface area contributed by atoms with Crippen LogP contribution in [0.4, 0.5) is 18.9 Å². The first-order valence-corrected chi connectivity index (χ1v) is 8.14. The van der Waals surface area contributed by atoms with E-state index in [0.717, 1.165) is 17.7 Å². The Kier molecular flexibility index (Phi) is 5.47. The van der Waals surface area contributed by atoms with Crippen molar-refractivity contribution in [3.05, 3.63) is 64.2 Å². The molecule has 0 aliphatic rings. The van der Waals surface area contributed by atoms with E-state index in [1.165, 1.54) is 11.6 Å². The lowest BCUT2D eigenvalue weighted by Gasteiger charge is -2.19. The van der Waals surface area contributed by atoms with Gasteiger partial charge < -0.3 is 0 Å². The quantitative estimate of drug-likeness (QED) is 0.485. The number of rotatable bonds is 3. The molecule has 134 valence electrons. The third-order valence-corrected chi connectivity index (χ3v) is 4.14. The van der Waals surface area contributed by atoms with E-state index in [0.29, 0.717) is 5.71 Å². The van der Waals surface area contributed by atoms with Crippen molar-refractivity contribution in [1.29, 1.82) is 0 Å². The van der Waals surface area contributed by atoms with Crippen LogP contribution in [0.25, 0.3) is 0 Å². The summed E-state index contributed by atoms with van der Waals surface area (Å²) in [6.45, 7) is 8.15. The first-order chi connectivity index (χ1) is 11.5. The molecule has 0 saturated carbocycles. The van der Waals surface area contributed by atoms with Crippen LogP contribution in [0, 0.1) is 0 Å². The van der Waals surface area contributed by atoms with E-state index in [-0.39, 0.29) is 16.1 Å². The molecule has 2 aromatic carbocycles. The molecule has 0 radical (unpaired) electrons. The molecule has 0 aliphatic carbocycles. The van der Waals surface area contributed by atoms with E-state index < -0.39 is 11.7 Å². The lowest BCUT2D eigenvalue weighted by molar-refractivity contribution is -0.137. The number of hydrogen-bond donors (Lipinski definition) is 1. The largest absolute Gasteiger partial charge is 0.416 e. The Bertz CT molecular complexity index is 773. The molecule has 2 nitrogen and oxygen atoms in total. The summed E-state index contributed by atoms with van der Waals surface area (Å²) in [6.07, 6.45) is -4.43. The fourth-order valence-electron chi connectivity index (χ4n) is 2.21. The minimum atomic E-state index is -4.43.